The standard InChI is InChI=1S/C19H16F3N3O.C18H20N2O2S.C2H6/c1-13-10-18(15-4-2-14(11-23)3-5-15)24-12-25(13)16-6-8-17(9-7-16)26-19(20,21)22;1-12-5-4-6-13(2)16(12)20-18(19)23-11-14-7-9-15(10-8-14)17(21)22-3;1-2/h2-13,23H,1H3;4-10H,11H2,1-3H3,(H2,19,20);1-2H3. The van der Waals surface area contributed by atoms with Crippen molar-refractivity contribution in [2.45, 2.75) is 52.8 Å². The Labute approximate surface area is 301 Å². The van der Waals surface area contributed by atoms with Crippen LogP contribution in [0.25, 0.3) is 5.70 Å². The van der Waals surface area contributed by atoms with Crippen molar-refractivity contribution in [2.75, 3.05) is 12.0 Å². The van der Waals surface area contributed by atoms with Crippen LogP contribution in [0.4, 0.5) is 24.5 Å². The molecule has 0 spiro atoms. The first-order valence-electron chi connectivity index (χ1n) is 16.1. The molecule has 1 unspecified atom stereocenters. The molecular formula is C39H42F3N5O3S. The third-order valence-electron chi connectivity index (χ3n) is 7.32. The van der Waals surface area contributed by atoms with Crippen LogP contribution in [0, 0.1) is 19.3 Å². The minimum Gasteiger partial charge on any atom is -0.465 e. The zero-order valence-electron chi connectivity index (χ0n) is 29.4. The van der Waals surface area contributed by atoms with Gasteiger partial charge in [-0.15, -0.1) is 13.2 Å². The number of amidine groups is 1. The number of carbonyl (C=O) groups excluding carboxylic acids is 1. The maximum atomic E-state index is 12.2. The minimum atomic E-state index is -4.70. The fraction of sp³-hybridized carbons (Fsp3) is 0.231. The first kappa shape index (κ1) is 40.1. The highest BCUT2D eigenvalue weighted by atomic mass is 32.2. The number of rotatable bonds is 8. The molecule has 0 radical (unpaired) electrons. The van der Waals surface area contributed by atoms with Crippen LogP contribution in [0.2, 0.25) is 0 Å². The summed E-state index contributed by atoms with van der Waals surface area (Å²) in [5.41, 5.74) is 14.1. The van der Waals surface area contributed by atoms with Crippen LogP contribution in [0.1, 0.15) is 58.9 Å². The van der Waals surface area contributed by atoms with E-state index in [0.29, 0.717) is 22.2 Å². The number of ether oxygens (including phenoxy) is 2. The zero-order chi connectivity index (χ0) is 37.6. The highest BCUT2D eigenvalue weighted by Gasteiger charge is 2.31. The molecule has 0 fully saturated rings. The molecule has 1 heterocycles. The van der Waals surface area contributed by atoms with Crippen molar-refractivity contribution in [3.8, 4) is 5.75 Å². The normalized spacial score (nSPS) is 13.9. The second-order valence-corrected chi connectivity index (χ2v) is 11.9. The smallest absolute Gasteiger partial charge is 0.465 e. The number of thioether (sulfide) groups is 1. The van der Waals surface area contributed by atoms with E-state index < -0.39 is 6.36 Å². The van der Waals surface area contributed by atoms with Crippen molar-refractivity contribution in [1.82, 2.24) is 0 Å². The van der Waals surface area contributed by atoms with Gasteiger partial charge in [-0.25, -0.2) is 14.8 Å². The number of halogens is 3. The molecule has 8 nitrogen and oxygen atoms in total. The molecule has 51 heavy (non-hydrogen) atoms. The Morgan fingerprint density at radius 3 is 2.12 bits per heavy atom. The van der Waals surface area contributed by atoms with E-state index in [1.54, 1.807) is 30.6 Å². The number of aryl methyl sites for hydroxylation is 2. The molecule has 5 rings (SSSR count). The second kappa shape index (κ2) is 19.1. The Hall–Kier alpha value is -5.36. The summed E-state index contributed by atoms with van der Waals surface area (Å²) in [5.74, 6) is 0.104. The number of carbonyl (C=O) groups is 1. The van der Waals surface area contributed by atoms with Gasteiger partial charge in [0.15, 0.2) is 5.17 Å². The molecule has 12 heteroatoms. The van der Waals surface area contributed by atoms with Crippen LogP contribution in [0.5, 0.6) is 5.75 Å². The molecule has 0 saturated carbocycles. The van der Waals surface area contributed by atoms with Crippen LogP contribution in [0.15, 0.2) is 107 Å². The molecule has 0 amide bonds. The number of nitrogens with two attached hydrogens (primary N) is 1. The molecule has 4 aromatic carbocycles. The van der Waals surface area contributed by atoms with Gasteiger partial charge in [-0.1, -0.05) is 80.2 Å². The number of aliphatic imine (C=N–C) groups is 2. The molecule has 268 valence electrons. The summed E-state index contributed by atoms with van der Waals surface area (Å²) in [6.45, 7) is 10.0. The molecule has 0 bridgehead atoms. The lowest BCUT2D eigenvalue weighted by Gasteiger charge is -2.28. The van der Waals surface area contributed by atoms with Crippen molar-refractivity contribution in [1.29, 1.82) is 5.41 Å². The third-order valence-corrected chi connectivity index (χ3v) is 8.19. The Morgan fingerprint density at radius 2 is 1.59 bits per heavy atom. The molecule has 0 aliphatic carbocycles. The number of hydrogen-bond acceptors (Lipinski definition) is 8. The fourth-order valence-corrected chi connectivity index (χ4v) is 5.42. The largest absolute Gasteiger partial charge is 0.573 e. The Morgan fingerprint density at radius 1 is 0.980 bits per heavy atom. The number of para-hydroxylation sites is 1. The predicted molar refractivity (Wildman–Crippen MR) is 203 cm³/mol. The van der Waals surface area contributed by atoms with Gasteiger partial charge >= 0.3 is 12.3 Å². The van der Waals surface area contributed by atoms with Gasteiger partial charge in [-0.3, -0.25) is 0 Å². The average Bonchev–Trinajstić information content (AvgIpc) is 3.13. The summed E-state index contributed by atoms with van der Waals surface area (Å²) in [6.07, 6.45) is 0.203. The van der Waals surface area contributed by atoms with E-state index >= 15 is 0 Å². The van der Waals surface area contributed by atoms with Gasteiger partial charge in [-0.2, -0.15) is 0 Å². The molecule has 1 atom stereocenters. The van der Waals surface area contributed by atoms with Gasteiger partial charge in [0.2, 0.25) is 0 Å². The maximum Gasteiger partial charge on any atom is 0.573 e. The number of methoxy groups -OCH3 is 1. The van der Waals surface area contributed by atoms with Gasteiger partial charge in [-0.05, 0) is 91.1 Å². The quantitative estimate of drug-likeness (QED) is 0.107. The minimum absolute atomic E-state index is 0.0284. The molecule has 0 aromatic heterocycles. The van der Waals surface area contributed by atoms with Gasteiger partial charge in [0.1, 0.15) is 5.75 Å². The van der Waals surface area contributed by atoms with Crippen molar-refractivity contribution < 1.29 is 27.4 Å². The predicted octanol–water partition coefficient (Wildman–Crippen LogP) is 9.86. The highest BCUT2D eigenvalue weighted by Crippen LogP contribution is 2.29. The lowest BCUT2D eigenvalue weighted by molar-refractivity contribution is -0.274. The summed E-state index contributed by atoms with van der Waals surface area (Å²) in [4.78, 5) is 22.2. The van der Waals surface area contributed by atoms with E-state index in [-0.39, 0.29) is 17.8 Å². The number of nitrogens with one attached hydrogen (secondary N) is 1. The van der Waals surface area contributed by atoms with E-state index in [9.17, 15) is 18.0 Å². The van der Waals surface area contributed by atoms with Crippen LogP contribution < -0.4 is 15.4 Å². The summed E-state index contributed by atoms with van der Waals surface area (Å²) in [7, 11) is 1.37. The topological polar surface area (TPSA) is 113 Å². The molecule has 1 aliphatic heterocycles. The number of benzene rings is 4. The summed E-state index contributed by atoms with van der Waals surface area (Å²) in [6, 6.07) is 26.5. The number of nitrogens with zero attached hydrogens (tertiary/aromatic N) is 3. The van der Waals surface area contributed by atoms with Gasteiger partial charge in [0.25, 0.3) is 0 Å². The summed E-state index contributed by atoms with van der Waals surface area (Å²) >= 11 is 1.47. The molecule has 0 saturated heterocycles. The molecule has 3 N–H and O–H groups in total. The molecule has 1 aliphatic rings. The van der Waals surface area contributed by atoms with Gasteiger partial charge in [0, 0.05) is 17.7 Å². The molecular weight excluding hydrogens is 676 g/mol. The molecule has 4 aromatic rings. The number of alkyl halides is 3. The van der Waals surface area contributed by atoms with Crippen LogP contribution in [0.3, 0.4) is 0 Å². The number of hydrogen-bond donors (Lipinski definition) is 2. The van der Waals surface area contributed by atoms with Crippen molar-refractivity contribution in [3.63, 3.8) is 0 Å². The van der Waals surface area contributed by atoms with Crippen molar-refractivity contribution in [3.05, 3.63) is 130 Å². The summed E-state index contributed by atoms with van der Waals surface area (Å²) < 4.78 is 45.3. The fourth-order valence-electron chi connectivity index (χ4n) is 4.76. The Bertz CT molecular complexity index is 1820. The first-order valence-corrected chi connectivity index (χ1v) is 17.1. The SMILES string of the molecule is CC.CC1C=C(c2ccc(C=N)cc2)N=CN1c1ccc(OC(F)(F)F)cc1.COC(=O)c1ccc(CSC(N)=Nc2c(C)cccc2C)cc1. The number of anilines is 1. The van der Waals surface area contributed by atoms with Crippen molar-refractivity contribution in [2.24, 2.45) is 15.7 Å². The van der Waals surface area contributed by atoms with E-state index in [2.05, 4.69) is 19.5 Å². The monoisotopic (exact) mass is 717 g/mol. The third kappa shape index (κ3) is 12.2. The van der Waals surface area contributed by atoms with E-state index in [4.69, 9.17) is 11.1 Å². The van der Waals surface area contributed by atoms with Gasteiger partial charge < -0.3 is 25.5 Å². The van der Waals surface area contributed by atoms with E-state index in [1.807, 2.05) is 100 Å². The lowest BCUT2D eigenvalue weighted by atomic mass is 10.1. The first-order chi connectivity index (χ1) is 24.4. The average molecular weight is 718 g/mol. The van der Waals surface area contributed by atoms with E-state index in [1.165, 1.54) is 37.2 Å². The lowest BCUT2D eigenvalue weighted by Crippen LogP contribution is -2.32. The Kier molecular flexibility index (Phi) is 15.0. The van der Waals surface area contributed by atoms with Crippen molar-refractivity contribution >= 4 is 52.5 Å². The Balaban J connectivity index is 0.000000265. The van der Waals surface area contributed by atoms with Crippen LogP contribution in [-0.4, -0.2) is 43.2 Å². The zero-order valence-corrected chi connectivity index (χ0v) is 30.2. The number of esters is 1. The highest BCUT2D eigenvalue weighted by molar-refractivity contribution is 8.13. The maximum absolute atomic E-state index is 12.2. The summed E-state index contributed by atoms with van der Waals surface area (Å²) in [5, 5.41) is 7.76. The second-order valence-electron chi connectivity index (χ2n) is 10.9. The van der Waals surface area contributed by atoms with Crippen LogP contribution in [-0.2, 0) is 10.5 Å². The van der Waals surface area contributed by atoms with Gasteiger partial charge in [0.05, 0.1) is 36.4 Å². The van der Waals surface area contributed by atoms with E-state index in [0.717, 1.165) is 39.2 Å². The van der Waals surface area contributed by atoms with Crippen LogP contribution >= 0.6 is 11.8 Å².